The van der Waals surface area contributed by atoms with Gasteiger partial charge in [0.15, 0.2) is 0 Å². The molecule has 0 radical (unpaired) electrons. The highest BCUT2D eigenvalue weighted by Crippen LogP contribution is 2.51. The lowest BCUT2D eigenvalue weighted by atomic mass is 9.87. The molecule has 5 atom stereocenters. The van der Waals surface area contributed by atoms with Crippen molar-refractivity contribution < 1.29 is 9.18 Å². The Morgan fingerprint density at radius 3 is 2.92 bits per heavy atom. The molecule has 5 unspecified atom stereocenters. The number of carbonyl (C=O) groups excluding carboxylic acids is 1. The van der Waals surface area contributed by atoms with Crippen molar-refractivity contribution in [3.05, 3.63) is 0 Å². The van der Waals surface area contributed by atoms with Gasteiger partial charge < -0.3 is 4.90 Å². The molecular weight excluding hydrogens is 323 g/mol. The quantitative estimate of drug-likeness (QED) is 0.748. The molecule has 2 aliphatic heterocycles. The number of thioether (sulfide) groups is 1. The van der Waals surface area contributed by atoms with Crippen molar-refractivity contribution in [3.63, 3.8) is 0 Å². The van der Waals surface area contributed by atoms with Crippen LogP contribution in [0.5, 0.6) is 0 Å². The summed E-state index contributed by atoms with van der Waals surface area (Å²) in [6.45, 7) is 4.35. The average Bonchev–Trinajstić information content (AvgIpc) is 3.22. The number of fused-ring (bicyclic) bond motifs is 2. The van der Waals surface area contributed by atoms with Gasteiger partial charge in [-0.2, -0.15) is 0 Å². The van der Waals surface area contributed by atoms with E-state index in [-0.39, 0.29) is 5.91 Å². The monoisotopic (exact) mass is 352 g/mol. The largest absolute Gasteiger partial charge is 0.300 e. The molecule has 0 aromatic rings. The molecule has 2 saturated carbocycles. The Morgan fingerprint density at radius 2 is 2.21 bits per heavy atom. The third kappa shape index (κ3) is 3.44. The van der Waals surface area contributed by atoms with Crippen molar-refractivity contribution in [3.8, 4) is 0 Å². The summed E-state index contributed by atoms with van der Waals surface area (Å²) in [6.07, 6.45) is 8.30. The van der Waals surface area contributed by atoms with Gasteiger partial charge in [-0.1, -0.05) is 18.2 Å². The van der Waals surface area contributed by atoms with Crippen LogP contribution in [0.1, 0.15) is 58.3 Å². The van der Waals surface area contributed by atoms with Crippen molar-refractivity contribution >= 4 is 22.7 Å². The molecule has 3 nitrogen and oxygen atoms in total. The molecule has 2 heterocycles. The van der Waals surface area contributed by atoms with E-state index in [4.69, 9.17) is 0 Å². The van der Waals surface area contributed by atoms with Crippen molar-refractivity contribution in [1.82, 2.24) is 4.90 Å². The number of piperidine rings is 1. The molecule has 2 bridgehead atoms. The lowest BCUT2D eigenvalue weighted by Gasteiger charge is -2.31. The summed E-state index contributed by atoms with van der Waals surface area (Å²) in [5.41, 5.74) is 0. The van der Waals surface area contributed by atoms with Crippen molar-refractivity contribution in [1.29, 1.82) is 0 Å². The van der Waals surface area contributed by atoms with Crippen LogP contribution in [0, 0.1) is 17.8 Å². The maximum Gasteiger partial charge on any atom is 0.262 e. The van der Waals surface area contributed by atoms with Gasteiger partial charge >= 0.3 is 0 Å². The van der Waals surface area contributed by atoms with Gasteiger partial charge in [-0.25, -0.2) is 9.38 Å². The van der Waals surface area contributed by atoms with Crippen molar-refractivity contribution in [2.24, 2.45) is 22.7 Å². The predicted molar refractivity (Wildman–Crippen MR) is 97.2 cm³/mol. The van der Waals surface area contributed by atoms with E-state index < -0.39 is 10.9 Å². The maximum atomic E-state index is 13.5. The number of halogens is 1. The smallest absolute Gasteiger partial charge is 0.262 e. The third-order valence-electron chi connectivity index (χ3n) is 6.70. The van der Waals surface area contributed by atoms with E-state index in [2.05, 4.69) is 9.89 Å². The third-order valence-corrected chi connectivity index (χ3v) is 8.02. The standard InChI is InChI=1S/C19H29FN2OS/c1-19(6-8-22-7-2-3-16(20)12-22)18(23)21-17(24-19)11-15-10-13-4-5-14(15)9-13/h13-16H,2-12H2,1H3. The zero-order valence-corrected chi connectivity index (χ0v) is 15.5. The van der Waals surface area contributed by atoms with Crippen LogP contribution in [0.25, 0.3) is 0 Å². The fourth-order valence-electron chi connectivity index (χ4n) is 5.23. The van der Waals surface area contributed by atoms with Crippen LogP contribution in [0.2, 0.25) is 0 Å². The predicted octanol–water partition coefficient (Wildman–Crippen LogP) is 4.07. The van der Waals surface area contributed by atoms with Gasteiger partial charge in [0.25, 0.3) is 5.91 Å². The van der Waals surface area contributed by atoms with E-state index in [1.165, 1.54) is 25.7 Å². The summed E-state index contributed by atoms with van der Waals surface area (Å²) in [5, 5.41) is 1.07. The van der Waals surface area contributed by atoms with Gasteiger partial charge in [0.1, 0.15) is 10.9 Å². The van der Waals surface area contributed by atoms with Crippen LogP contribution in [0.15, 0.2) is 4.99 Å². The first-order valence-electron chi connectivity index (χ1n) is 9.69. The van der Waals surface area contributed by atoms with Gasteiger partial charge in [-0.05, 0) is 76.2 Å². The normalized spacial score (nSPS) is 42.8. The molecule has 3 fully saturated rings. The second-order valence-corrected chi connectivity index (χ2v) is 10.1. The van der Waals surface area contributed by atoms with E-state index in [1.54, 1.807) is 11.8 Å². The number of aliphatic imine (C=N–C) groups is 1. The SMILES string of the molecule is CC1(CCN2CCCC(F)C2)SC(CC2CC3CCC2C3)=NC1=O. The van der Waals surface area contributed by atoms with Crippen LogP contribution < -0.4 is 0 Å². The molecule has 0 N–H and O–H groups in total. The highest BCUT2D eigenvalue weighted by molar-refractivity contribution is 8.16. The number of likely N-dealkylation sites (tertiary alicyclic amines) is 1. The molecule has 1 amide bonds. The Labute approximate surface area is 148 Å². The maximum absolute atomic E-state index is 13.5. The van der Waals surface area contributed by atoms with Gasteiger partial charge in [0, 0.05) is 13.1 Å². The van der Waals surface area contributed by atoms with Crippen molar-refractivity contribution in [2.45, 2.75) is 69.2 Å². The van der Waals surface area contributed by atoms with Crippen LogP contribution in [0.3, 0.4) is 0 Å². The lowest BCUT2D eigenvalue weighted by molar-refractivity contribution is -0.119. The van der Waals surface area contributed by atoms with Crippen molar-refractivity contribution in [2.75, 3.05) is 19.6 Å². The fraction of sp³-hybridized carbons (Fsp3) is 0.895. The highest BCUT2D eigenvalue weighted by atomic mass is 32.2. The first-order chi connectivity index (χ1) is 11.5. The zero-order valence-electron chi connectivity index (χ0n) is 14.7. The summed E-state index contributed by atoms with van der Waals surface area (Å²) in [4.78, 5) is 19.1. The Hall–Kier alpha value is -0.420. The summed E-state index contributed by atoms with van der Waals surface area (Å²) in [7, 11) is 0. The summed E-state index contributed by atoms with van der Waals surface area (Å²) in [5.74, 6) is 2.64. The number of alkyl halides is 1. The van der Waals surface area contributed by atoms with Crippen LogP contribution in [-0.2, 0) is 4.79 Å². The molecule has 0 spiro atoms. The van der Waals surface area contributed by atoms with Gasteiger partial charge in [-0.15, -0.1) is 0 Å². The molecule has 2 aliphatic carbocycles. The van der Waals surface area contributed by atoms with Gasteiger partial charge in [0.2, 0.25) is 0 Å². The number of hydrogen-bond donors (Lipinski definition) is 0. The van der Waals surface area contributed by atoms with E-state index >= 15 is 0 Å². The zero-order chi connectivity index (χ0) is 16.7. The van der Waals surface area contributed by atoms with Crippen LogP contribution >= 0.6 is 11.8 Å². The molecular formula is C19H29FN2OS. The fourth-order valence-corrected chi connectivity index (χ4v) is 6.50. The minimum atomic E-state index is -0.692. The number of amides is 1. The molecule has 4 rings (SSSR count). The Bertz CT molecular complexity index is 539. The molecule has 5 heteroatoms. The summed E-state index contributed by atoms with van der Waals surface area (Å²) in [6, 6.07) is 0. The first-order valence-corrected chi connectivity index (χ1v) is 10.5. The van der Waals surface area contributed by atoms with E-state index in [1.807, 2.05) is 6.92 Å². The minimum Gasteiger partial charge on any atom is -0.300 e. The molecule has 134 valence electrons. The Kier molecular flexibility index (Phi) is 4.76. The van der Waals surface area contributed by atoms with E-state index in [0.717, 1.165) is 55.1 Å². The molecule has 0 aromatic carbocycles. The first kappa shape index (κ1) is 17.0. The second kappa shape index (κ2) is 6.71. The van der Waals surface area contributed by atoms with Gasteiger partial charge in [0.05, 0.1) is 5.04 Å². The Balaban J connectivity index is 1.29. The molecule has 1 saturated heterocycles. The average molecular weight is 353 g/mol. The lowest BCUT2D eigenvalue weighted by Crippen LogP contribution is -2.40. The number of carbonyl (C=O) groups is 1. The highest BCUT2D eigenvalue weighted by Gasteiger charge is 2.44. The van der Waals surface area contributed by atoms with Gasteiger partial charge in [-0.3, -0.25) is 4.79 Å². The molecule has 4 aliphatic rings. The topological polar surface area (TPSA) is 32.7 Å². The second-order valence-electron chi connectivity index (χ2n) is 8.57. The molecule has 24 heavy (non-hydrogen) atoms. The van der Waals surface area contributed by atoms with Crippen LogP contribution in [0.4, 0.5) is 4.39 Å². The van der Waals surface area contributed by atoms with E-state index in [0.29, 0.717) is 13.0 Å². The summed E-state index contributed by atoms with van der Waals surface area (Å²) < 4.78 is 13.1. The minimum absolute atomic E-state index is 0.0412. The number of nitrogens with zero attached hydrogens (tertiary/aromatic N) is 2. The Morgan fingerprint density at radius 1 is 1.33 bits per heavy atom. The molecule has 0 aromatic heterocycles. The van der Waals surface area contributed by atoms with Crippen LogP contribution in [-0.4, -0.2) is 46.4 Å². The number of hydrogen-bond acceptors (Lipinski definition) is 3. The number of rotatable bonds is 5. The van der Waals surface area contributed by atoms with E-state index in [9.17, 15) is 9.18 Å². The summed E-state index contributed by atoms with van der Waals surface area (Å²) >= 11 is 1.70.